The summed E-state index contributed by atoms with van der Waals surface area (Å²) in [6.07, 6.45) is -1.58. The molecule has 3 heterocycles. The molecule has 0 saturated carbocycles. The molecule has 192 valence electrons. The molecule has 1 saturated heterocycles. The Balaban J connectivity index is 1.54. The summed E-state index contributed by atoms with van der Waals surface area (Å²) < 4.78 is 42.4. The number of piperidine rings is 1. The third-order valence-electron chi connectivity index (χ3n) is 6.35. The van der Waals surface area contributed by atoms with Crippen LogP contribution in [0.1, 0.15) is 65.2 Å². The number of thioether (sulfide) groups is 1. The smallest absolute Gasteiger partial charge is 0.348 e. The molecule has 1 atom stereocenters. The van der Waals surface area contributed by atoms with Crippen molar-refractivity contribution in [3.63, 3.8) is 0 Å². The zero-order valence-electron chi connectivity index (χ0n) is 20.3. The van der Waals surface area contributed by atoms with E-state index in [9.17, 15) is 22.8 Å². The van der Waals surface area contributed by atoms with Gasteiger partial charge in [-0.25, -0.2) is 4.98 Å². The van der Waals surface area contributed by atoms with E-state index in [1.165, 1.54) is 4.90 Å². The van der Waals surface area contributed by atoms with Crippen molar-refractivity contribution in [2.45, 2.75) is 63.2 Å². The molecule has 0 aliphatic carbocycles. The van der Waals surface area contributed by atoms with Crippen molar-refractivity contribution in [2.75, 3.05) is 12.3 Å². The summed E-state index contributed by atoms with van der Waals surface area (Å²) in [6.45, 7) is 4.31. The highest BCUT2D eigenvalue weighted by molar-refractivity contribution is 7.99. The van der Waals surface area contributed by atoms with E-state index in [4.69, 9.17) is 0 Å². The van der Waals surface area contributed by atoms with Gasteiger partial charge in [0.1, 0.15) is 11.7 Å². The second-order valence-electron chi connectivity index (χ2n) is 8.72. The first-order valence-electron chi connectivity index (χ1n) is 12.1. The largest absolute Gasteiger partial charge is 0.408 e. The molecule has 1 aliphatic rings. The molecule has 6 nitrogen and oxygen atoms in total. The predicted molar refractivity (Wildman–Crippen MR) is 133 cm³/mol. The van der Waals surface area contributed by atoms with Crippen LogP contribution >= 0.6 is 11.8 Å². The van der Waals surface area contributed by atoms with Crippen molar-refractivity contribution in [2.24, 2.45) is 0 Å². The van der Waals surface area contributed by atoms with Crippen molar-refractivity contribution >= 4 is 29.2 Å². The Hall–Kier alpha value is -3.01. The number of rotatable bonds is 7. The number of nitrogens with zero attached hydrogens (tertiary/aromatic N) is 3. The van der Waals surface area contributed by atoms with Crippen molar-refractivity contribution in [3.8, 4) is 0 Å². The van der Waals surface area contributed by atoms with Gasteiger partial charge in [0.2, 0.25) is 0 Å². The average molecular weight is 519 g/mol. The van der Waals surface area contributed by atoms with Crippen LogP contribution in [0.25, 0.3) is 5.65 Å². The highest BCUT2D eigenvalue weighted by Gasteiger charge is 2.47. The fourth-order valence-corrected chi connectivity index (χ4v) is 5.21. The van der Waals surface area contributed by atoms with Gasteiger partial charge in [0, 0.05) is 29.7 Å². The third-order valence-corrected chi connectivity index (χ3v) is 7.25. The summed E-state index contributed by atoms with van der Waals surface area (Å²) in [7, 11) is 0. The predicted octanol–water partition coefficient (Wildman–Crippen LogP) is 5.50. The standard InChI is InChI=1S/C26H29F3N4O2S/c1-3-20-23(25(35)33-13-6-5-7-21(33)26(27,28)29)31-22-15-18(12-14-32(20)22)24(34)30-16-17-8-10-19(11-9-17)36-4-2/h8-12,14-15,21H,3-7,13,16H2,1-2H3,(H,30,34). The molecule has 0 radical (unpaired) electrons. The van der Waals surface area contributed by atoms with Crippen LogP contribution in [0, 0.1) is 0 Å². The number of imidazole rings is 1. The molecule has 1 N–H and O–H groups in total. The Labute approximate surface area is 212 Å². The first kappa shape index (κ1) is 26.1. The summed E-state index contributed by atoms with van der Waals surface area (Å²) in [5.41, 5.74) is 2.21. The van der Waals surface area contributed by atoms with E-state index < -0.39 is 18.1 Å². The van der Waals surface area contributed by atoms with Gasteiger partial charge >= 0.3 is 6.18 Å². The first-order valence-corrected chi connectivity index (χ1v) is 13.1. The molecule has 0 bridgehead atoms. The molecule has 1 unspecified atom stereocenters. The molecule has 2 amide bonds. The number of likely N-dealkylation sites (tertiary alicyclic amines) is 1. The molecule has 2 aromatic heterocycles. The van der Waals surface area contributed by atoms with Crippen LogP contribution in [0.5, 0.6) is 0 Å². The number of hydrogen-bond donors (Lipinski definition) is 1. The maximum atomic E-state index is 13.6. The van der Waals surface area contributed by atoms with Gasteiger partial charge in [0.05, 0.1) is 5.69 Å². The number of aryl methyl sites for hydroxylation is 1. The molecular formula is C26H29F3N4O2S. The van der Waals surface area contributed by atoms with Crippen LogP contribution < -0.4 is 5.32 Å². The minimum absolute atomic E-state index is 0.0104. The zero-order chi connectivity index (χ0) is 25.9. The number of carbonyl (C=O) groups is 2. The van der Waals surface area contributed by atoms with Gasteiger partial charge in [-0.1, -0.05) is 26.0 Å². The minimum Gasteiger partial charge on any atom is -0.348 e. The Morgan fingerprint density at radius 1 is 1.14 bits per heavy atom. The molecule has 3 aromatic rings. The zero-order valence-corrected chi connectivity index (χ0v) is 21.1. The number of benzene rings is 1. The van der Waals surface area contributed by atoms with E-state index >= 15 is 0 Å². The SMILES string of the molecule is CCSc1ccc(CNC(=O)c2ccn3c(CC)c(C(=O)N4CCCCC4C(F)(F)F)nc3c2)cc1. The van der Waals surface area contributed by atoms with Gasteiger partial charge in [-0.3, -0.25) is 9.59 Å². The highest BCUT2D eigenvalue weighted by Crippen LogP contribution is 2.33. The average Bonchev–Trinajstić information content (AvgIpc) is 3.25. The summed E-state index contributed by atoms with van der Waals surface area (Å²) >= 11 is 1.74. The molecule has 0 spiro atoms. The number of pyridine rings is 1. The lowest BCUT2D eigenvalue weighted by molar-refractivity contribution is -0.183. The van der Waals surface area contributed by atoms with Crippen LogP contribution in [0.15, 0.2) is 47.5 Å². The van der Waals surface area contributed by atoms with Crippen LogP contribution in [0.2, 0.25) is 0 Å². The Morgan fingerprint density at radius 2 is 1.89 bits per heavy atom. The van der Waals surface area contributed by atoms with Gasteiger partial charge < -0.3 is 14.6 Å². The quantitative estimate of drug-likeness (QED) is 0.420. The van der Waals surface area contributed by atoms with Crippen LogP contribution in [-0.2, 0) is 13.0 Å². The van der Waals surface area contributed by atoms with Gasteiger partial charge in [0.25, 0.3) is 11.8 Å². The van der Waals surface area contributed by atoms with Crippen LogP contribution in [0.3, 0.4) is 0 Å². The number of nitrogens with one attached hydrogen (secondary N) is 1. The maximum absolute atomic E-state index is 13.6. The monoisotopic (exact) mass is 518 g/mol. The third kappa shape index (κ3) is 5.53. The number of halogens is 3. The van der Waals surface area contributed by atoms with Gasteiger partial charge in [-0.05, 0) is 61.3 Å². The van der Waals surface area contributed by atoms with E-state index in [1.807, 2.05) is 31.2 Å². The molecular weight excluding hydrogens is 489 g/mol. The number of amides is 2. The molecule has 1 fully saturated rings. The lowest BCUT2D eigenvalue weighted by Crippen LogP contribution is -2.51. The Bertz CT molecular complexity index is 1240. The number of carbonyl (C=O) groups excluding carboxylic acids is 2. The maximum Gasteiger partial charge on any atom is 0.408 e. The summed E-state index contributed by atoms with van der Waals surface area (Å²) in [6, 6.07) is 9.35. The van der Waals surface area contributed by atoms with Crippen molar-refractivity contribution < 1.29 is 22.8 Å². The van der Waals surface area contributed by atoms with Crippen molar-refractivity contribution in [1.29, 1.82) is 0 Å². The lowest BCUT2D eigenvalue weighted by atomic mass is 10.0. The molecule has 1 aliphatic heterocycles. The summed E-state index contributed by atoms with van der Waals surface area (Å²) in [5, 5.41) is 2.88. The second-order valence-corrected chi connectivity index (χ2v) is 10.1. The molecule has 4 rings (SSSR count). The number of alkyl halides is 3. The topological polar surface area (TPSA) is 66.7 Å². The van der Waals surface area contributed by atoms with Crippen molar-refractivity contribution in [1.82, 2.24) is 19.6 Å². The number of aromatic nitrogens is 2. The van der Waals surface area contributed by atoms with E-state index in [0.29, 0.717) is 42.7 Å². The molecule has 1 aromatic carbocycles. The lowest BCUT2D eigenvalue weighted by Gasteiger charge is -2.36. The Morgan fingerprint density at radius 3 is 2.56 bits per heavy atom. The second kappa shape index (κ2) is 10.9. The minimum atomic E-state index is -4.48. The molecule has 36 heavy (non-hydrogen) atoms. The van der Waals surface area contributed by atoms with E-state index in [2.05, 4.69) is 17.2 Å². The van der Waals surface area contributed by atoms with Crippen LogP contribution in [-0.4, -0.2) is 50.6 Å². The van der Waals surface area contributed by atoms with Crippen molar-refractivity contribution in [3.05, 3.63) is 65.1 Å². The number of fused-ring (bicyclic) bond motifs is 1. The summed E-state index contributed by atoms with van der Waals surface area (Å²) in [4.78, 5) is 32.5. The normalized spacial score (nSPS) is 16.4. The van der Waals surface area contributed by atoms with E-state index in [1.54, 1.807) is 34.5 Å². The van der Waals surface area contributed by atoms with Crippen LogP contribution in [0.4, 0.5) is 13.2 Å². The highest BCUT2D eigenvalue weighted by atomic mass is 32.2. The van der Waals surface area contributed by atoms with E-state index in [-0.39, 0.29) is 24.6 Å². The first-order chi connectivity index (χ1) is 17.2. The Kier molecular flexibility index (Phi) is 7.92. The van der Waals surface area contributed by atoms with E-state index in [0.717, 1.165) is 16.2 Å². The fraction of sp³-hybridized carbons (Fsp3) is 0.423. The number of hydrogen-bond acceptors (Lipinski definition) is 4. The van der Waals surface area contributed by atoms with Gasteiger partial charge in [-0.15, -0.1) is 11.8 Å². The summed E-state index contributed by atoms with van der Waals surface area (Å²) in [5.74, 6) is -0.0276. The van der Waals surface area contributed by atoms with Gasteiger partial charge in [-0.2, -0.15) is 13.2 Å². The molecule has 10 heteroatoms. The van der Waals surface area contributed by atoms with Gasteiger partial charge in [0.15, 0.2) is 5.69 Å². The fourth-order valence-electron chi connectivity index (χ4n) is 4.55.